The first-order valence-corrected chi connectivity index (χ1v) is 8.34. The molecule has 0 aliphatic heterocycles. The van der Waals surface area contributed by atoms with Crippen LogP contribution >= 0.6 is 34.2 Å². The summed E-state index contributed by atoms with van der Waals surface area (Å²) in [6.45, 7) is 0. The Morgan fingerprint density at radius 3 is 2.58 bits per heavy atom. The fraction of sp³-hybridized carbons (Fsp3) is 0.571. The molecule has 0 atom stereocenters. The van der Waals surface area contributed by atoms with E-state index in [0.29, 0.717) is 5.15 Å². The normalized spacial score (nSPS) is 30.1. The van der Waals surface area contributed by atoms with Crippen molar-refractivity contribution in [3.8, 4) is 0 Å². The van der Waals surface area contributed by atoms with Crippen LogP contribution in [0.15, 0.2) is 6.20 Å². The number of H-pyrrole nitrogens is 1. The number of aromatic nitrogens is 3. The molecule has 3 saturated carbocycles. The third kappa shape index (κ3) is 1.82. The lowest BCUT2D eigenvalue weighted by atomic mass is 9.60. The van der Waals surface area contributed by atoms with E-state index in [0.717, 1.165) is 26.3 Å². The molecule has 100 valence electrons. The molecule has 2 heterocycles. The van der Waals surface area contributed by atoms with Crippen LogP contribution in [0, 0.1) is 9.49 Å². The predicted octanol–water partition coefficient (Wildman–Crippen LogP) is 4.44. The van der Waals surface area contributed by atoms with E-state index in [2.05, 4.69) is 32.6 Å². The van der Waals surface area contributed by atoms with Crippen molar-refractivity contribution in [2.75, 3.05) is 0 Å². The van der Waals surface area contributed by atoms with E-state index in [9.17, 15) is 0 Å². The van der Waals surface area contributed by atoms with E-state index in [1.165, 1.54) is 38.5 Å². The summed E-state index contributed by atoms with van der Waals surface area (Å²) >= 11 is 8.65. The number of rotatable bonds is 1. The molecule has 1 N–H and O–H groups in total. The number of halogens is 2. The first-order chi connectivity index (χ1) is 9.18. The molecule has 5 heteroatoms. The Bertz CT molecular complexity index is 630. The highest BCUT2D eigenvalue weighted by molar-refractivity contribution is 14.1. The van der Waals surface area contributed by atoms with Crippen LogP contribution in [-0.4, -0.2) is 15.0 Å². The summed E-state index contributed by atoms with van der Waals surface area (Å²) in [4.78, 5) is 12.7. The summed E-state index contributed by atoms with van der Waals surface area (Å²) in [5.74, 6) is 1.92. The van der Waals surface area contributed by atoms with E-state index >= 15 is 0 Å². The molecule has 0 aromatic carbocycles. The van der Waals surface area contributed by atoms with Gasteiger partial charge in [-0.2, -0.15) is 0 Å². The van der Waals surface area contributed by atoms with Gasteiger partial charge in [-0.05, 0) is 67.0 Å². The zero-order valence-corrected chi connectivity index (χ0v) is 13.5. The van der Waals surface area contributed by atoms with Crippen molar-refractivity contribution in [3.05, 3.63) is 20.7 Å². The van der Waals surface area contributed by atoms with Gasteiger partial charge in [0, 0.05) is 15.2 Å². The van der Waals surface area contributed by atoms with Crippen molar-refractivity contribution < 1.29 is 0 Å². The molecule has 3 fully saturated rings. The van der Waals surface area contributed by atoms with Crippen molar-refractivity contribution in [3.63, 3.8) is 0 Å². The summed E-state index contributed by atoms with van der Waals surface area (Å²) in [6.07, 6.45) is 9.65. The van der Waals surface area contributed by atoms with Crippen LogP contribution < -0.4 is 0 Å². The van der Waals surface area contributed by atoms with Gasteiger partial charge in [-0.1, -0.05) is 11.6 Å². The molecule has 0 radical (unpaired) electrons. The molecule has 0 unspecified atom stereocenters. The molecule has 0 saturated heterocycles. The molecule has 5 rings (SSSR count). The molecular weight excluding hydrogens is 373 g/mol. The molecule has 2 aromatic heterocycles. The zero-order chi connectivity index (χ0) is 13.0. The Balaban J connectivity index is 1.87. The van der Waals surface area contributed by atoms with Crippen LogP contribution in [0.2, 0.25) is 5.15 Å². The van der Waals surface area contributed by atoms with Gasteiger partial charge in [0.05, 0.1) is 5.39 Å². The van der Waals surface area contributed by atoms with Gasteiger partial charge in [-0.25, -0.2) is 9.97 Å². The average molecular weight is 388 g/mol. The summed E-state index contributed by atoms with van der Waals surface area (Å²) < 4.78 is 1.09. The van der Waals surface area contributed by atoms with E-state index in [-0.39, 0.29) is 5.41 Å². The molecule has 0 spiro atoms. The second-order valence-corrected chi connectivity index (χ2v) is 7.48. The van der Waals surface area contributed by atoms with Crippen LogP contribution in [0.25, 0.3) is 11.0 Å². The number of nitrogens with zero attached hydrogens (tertiary/aromatic N) is 2. The fourth-order valence-electron chi connectivity index (χ4n) is 3.78. The SMILES string of the molecule is Clc1nc(C23CCC(CC2)CC3)nc2[nH]cc(I)c12. The number of fused-ring (bicyclic) bond motifs is 4. The van der Waals surface area contributed by atoms with E-state index in [4.69, 9.17) is 16.6 Å². The first kappa shape index (κ1) is 12.4. The fourth-order valence-corrected chi connectivity index (χ4v) is 4.87. The maximum Gasteiger partial charge on any atom is 0.143 e. The lowest BCUT2D eigenvalue weighted by Crippen LogP contribution is -2.39. The summed E-state index contributed by atoms with van der Waals surface area (Å²) in [5, 5.41) is 1.57. The second kappa shape index (κ2) is 4.32. The Hall–Kier alpha value is -0.360. The van der Waals surface area contributed by atoms with Crippen molar-refractivity contribution in [1.82, 2.24) is 15.0 Å². The largest absolute Gasteiger partial charge is 0.345 e. The van der Waals surface area contributed by atoms with Crippen LogP contribution in [-0.2, 0) is 5.41 Å². The molecule has 3 aliphatic rings. The van der Waals surface area contributed by atoms with Crippen LogP contribution in [0.5, 0.6) is 0 Å². The Labute approximate surface area is 130 Å². The summed E-state index contributed by atoms with van der Waals surface area (Å²) in [6, 6.07) is 0. The third-order valence-electron chi connectivity index (χ3n) is 5.01. The van der Waals surface area contributed by atoms with Gasteiger partial charge in [0.15, 0.2) is 0 Å². The van der Waals surface area contributed by atoms with Crippen LogP contribution in [0.4, 0.5) is 0 Å². The molecular formula is C14H15ClIN3. The Kier molecular flexibility index (Phi) is 2.81. The van der Waals surface area contributed by atoms with Gasteiger partial charge in [0.1, 0.15) is 16.6 Å². The molecule has 3 aliphatic carbocycles. The van der Waals surface area contributed by atoms with E-state index in [1.807, 2.05) is 6.20 Å². The maximum atomic E-state index is 6.38. The number of hydrogen-bond acceptors (Lipinski definition) is 2. The lowest BCUT2D eigenvalue weighted by molar-refractivity contribution is 0.128. The molecule has 2 aromatic rings. The lowest BCUT2D eigenvalue weighted by Gasteiger charge is -2.45. The Morgan fingerprint density at radius 1 is 1.21 bits per heavy atom. The quantitative estimate of drug-likeness (QED) is 0.581. The van der Waals surface area contributed by atoms with E-state index in [1.54, 1.807) is 0 Å². The minimum absolute atomic E-state index is 0.198. The highest BCUT2D eigenvalue weighted by atomic mass is 127. The van der Waals surface area contributed by atoms with Gasteiger partial charge in [0.2, 0.25) is 0 Å². The summed E-state index contributed by atoms with van der Waals surface area (Å²) in [5.41, 5.74) is 1.09. The minimum atomic E-state index is 0.198. The average Bonchev–Trinajstić information content (AvgIpc) is 2.83. The zero-order valence-electron chi connectivity index (χ0n) is 10.5. The van der Waals surface area contributed by atoms with Gasteiger partial charge < -0.3 is 4.98 Å². The van der Waals surface area contributed by atoms with Crippen molar-refractivity contribution in [2.45, 2.75) is 43.9 Å². The van der Waals surface area contributed by atoms with Gasteiger partial charge in [0.25, 0.3) is 0 Å². The smallest absolute Gasteiger partial charge is 0.143 e. The minimum Gasteiger partial charge on any atom is -0.345 e. The topological polar surface area (TPSA) is 41.6 Å². The van der Waals surface area contributed by atoms with E-state index < -0.39 is 0 Å². The highest BCUT2D eigenvalue weighted by Gasteiger charge is 2.44. The summed E-state index contributed by atoms with van der Waals surface area (Å²) in [7, 11) is 0. The van der Waals surface area contributed by atoms with Crippen LogP contribution in [0.3, 0.4) is 0 Å². The van der Waals surface area contributed by atoms with Gasteiger partial charge in [-0.3, -0.25) is 0 Å². The maximum absolute atomic E-state index is 6.38. The van der Waals surface area contributed by atoms with Crippen LogP contribution in [0.1, 0.15) is 44.3 Å². The molecule has 3 nitrogen and oxygen atoms in total. The number of hydrogen-bond donors (Lipinski definition) is 1. The van der Waals surface area contributed by atoms with Crippen molar-refractivity contribution in [1.29, 1.82) is 0 Å². The predicted molar refractivity (Wildman–Crippen MR) is 84.5 cm³/mol. The van der Waals surface area contributed by atoms with Gasteiger partial charge in [-0.15, -0.1) is 0 Å². The van der Waals surface area contributed by atoms with Crippen molar-refractivity contribution in [2.24, 2.45) is 5.92 Å². The number of nitrogens with one attached hydrogen (secondary N) is 1. The third-order valence-corrected chi connectivity index (χ3v) is 6.13. The monoisotopic (exact) mass is 387 g/mol. The van der Waals surface area contributed by atoms with Gasteiger partial charge >= 0.3 is 0 Å². The molecule has 0 amide bonds. The highest BCUT2D eigenvalue weighted by Crippen LogP contribution is 2.51. The standard InChI is InChI=1S/C14H15ClIN3/c15-11-10-9(16)7-17-12(10)19-13(18-11)14-4-1-8(2-5-14)3-6-14/h7-8H,1-6H2,(H,17,18,19). The molecule has 2 bridgehead atoms. The Morgan fingerprint density at radius 2 is 1.89 bits per heavy atom. The second-order valence-electron chi connectivity index (χ2n) is 5.96. The van der Waals surface area contributed by atoms with Crippen molar-refractivity contribution >= 4 is 45.2 Å². The molecule has 19 heavy (non-hydrogen) atoms. The number of aromatic amines is 1. The first-order valence-electron chi connectivity index (χ1n) is 6.89.